The van der Waals surface area contributed by atoms with Crippen LogP contribution in [0.3, 0.4) is 0 Å². The molecular formula is C23H24O4. The van der Waals surface area contributed by atoms with E-state index >= 15 is 0 Å². The van der Waals surface area contributed by atoms with Crippen LogP contribution in [-0.4, -0.2) is 25.4 Å². The van der Waals surface area contributed by atoms with E-state index in [-0.39, 0.29) is 17.6 Å². The largest absolute Gasteiger partial charge is 0.496 e. The summed E-state index contributed by atoms with van der Waals surface area (Å²) >= 11 is 0. The van der Waals surface area contributed by atoms with E-state index in [1.165, 1.54) is 11.1 Å². The number of benzene rings is 2. The van der Waals surface area contributed by atoms with E-state index < -0.39 is 0 Å². The van der Waals surface area contributed by atoms with Gasteiger partial charge in [-0.1, -0.05) is 6.07 Å². The Balaban J connectivity index is 1.56. The Hall–Kier alpha value is -2.62. The summed E-state index contributed by atoms with van der Waals surface area (Å²) in [5.41, 5.74) is 4.23. The van der Waals surface area contributed by atoms with Gasteiger partial charge in [0.1, 0.15) is 41.3 Å². The van der Waals surface area contributed by atoms with Gasteiger partial charge in [-0.15, -0.1) is 0 Å². The first-order valence-corrected chi connectivity index (χ1v) is 9.47. The van der Waals surface area contributed by atoms with Crippen molar-refractivity contribution >= 4 is 6.08 Å². The lowest BCUT2D eigenvalue weighted by atomic mass is 9.82. The Morgan fingerprint density at radius 3 is 2.81 bits per heavy atom. The van der Waals surface area contributed by atoms with Crippen LogP contribution >= 0.6 is 0 Å². The minimum Gasteiger partial charge on any atom is -0.496 e. The highest BCUT2D eigenvalue weighted by Gasteiger charge is 2.39. The van der Waals surface area contributed by atoms with Gasteiger partial charge in [-0.05, 0) is 68.7 Å². The van der Waals surface area contributed by atoms with Gasteiger partial charge in [0, 0.05) is 11.5 Å². The zero-order valence-electron chi connectivity index (χ0n) is 16.2. The zero-order chi connectivity index (χ0) is 18.8. The third kappa shape index (κ3) is 2.58. The van der Waals surface area contributed by atoms with Gasteiger partial charge in [-0.3, -0.25) is 0 Å². The van der Waals surface area contributed by atoms with Crippen molar-refractivity contribution in [2.24, 2.45) is 0 Å². The predicted octanol–water partition coefficient (Wildman–Crippen LogP) is 4.67. The van der Waals surface area contributed by atoms with Gasteiger partial charge in [-0.2, -0.15) is 0 Å². The Morgan fingerprint density at radius 1 is 1.15 bits per heavy atom. The van der Waals surface area contributed by atoms with Crippen molar-refractivity contribution in [2.75, 3.05) is 13.7 Å². The molecule has 5 rings (SSSR count). The first-order valence-electron chi connectivity index (χ1n) is 9.47. The highest BCUT2D eigenvalue weighted by atomic mass is 16.5. The molecule has 2 aromatic carbocycles. The van der Waals surface area contributed by atoms with E-state index in [0.29, 0.717) is 6.61 Å². The third-order valence-corrected chi connectivity index (χ3v) is 5.75. The van der Waals surface area contributed by atoms with Crippen molar-refractivity contribution < 1.29 is 18.9 Å². The number of aryl methyl sites for hydroxylation is 1. The lowest BCUT2D eigenvalue weighted by molar-refractivity contribution is 0.0719. The molecule has 0 N–H and O–H groups in total. The molecule has 3 aliphatic heterocycles. The van der Waals surface area contributed by atoms with Crippen LogP contribution in [0.2, 0.25) is 0 Å². The van der Waals surface area contributed by atoms with E-state index in [9.17, 15) is 0 Å². The molecule has 2 atom stereocenters. The Labute approximate surface area is 159 Å². The number of hydrogen-bond acceptors (Lipinski definition) is 4. The SMILES string of the molecule is COc1cc2c(cc1C)OC[C@H]1Oc3c(ccc4c3C=CC(C)(C)O4)C[C@@H]21. The molecule has 140 valence electrons. The monoisotopic (exact) mass is 364 g/mol. The molecule has 4 nitrogen and oxygen atoms in total. The molecule has 27 heavy (non-hydrogen) atoms. The number of rotatable bonds is 1. The van der Waals surface area contributed by atoms with Gasteiger partial charge in [-0.25, -0.2) is 0 Å². The first kappa shape index (κ1) is 16.5. The number of hydrogen-bond donors (Lipinski definition) is 0. The molecule has 3 heterocycles. The number of methoxy groups -OCH3 is 1. The molecule has 0 radical (unpaired) electrons. The van der Waals surface area contributed by atoms with Crippen molar-refractivity contribution in [3.05, 3.63) is 52.6 Å². The predicted molar refractivity (Wildman–Crippen MR) is 104 cm³/mol. The average Bonchev–Trinajstić information content (AvgIpc) is 2.64. The van der Waals surface area contributed by atoms with Gasteiger partial charge >= 0.3 is 0 Å². The standard InChI is InChI=1S/C23H24O4/c1-13-9-20-17(11-19(13)24-4)16-10-14-5-6-18-15(7-8-23(2,3)27-18)22(14)26-21(16)12-25-20/h5-9,11,16,21H,10,12H2,1-4H3/t16-,21+/m0/s1. The summed E-state index contributed by atoms with van der Waals surface area (Å²) in [5, 5.41) is 0. The Kier molecular flexibility index (Phi) is 3.48. The average molecular weight is 364 g/mol. The van der Waals surface area contributed by atoms with E-state index in [1.54, 1.807) is 7.11 Å². The summed E-state index contributed by atoms with van der Waals surface area (Å²) < 4.78 is 24.1. The summed E-state index contributed by atoms with van der Waals surface area (Å²) in [7, 11) is 1.71. The lowest BCUT2D eigenvalue weighted by Crippen LogP contribution is -2.40. The second kappa shape index (κ2) is 5.69. The summed E-state index contributed by atoms with van der Waals surface area (Å²) in [6, 6.07) is 8.39. The van der Waals surface area contributed by atoms with Crippen molar-refractivity contribution in [2.45, 2.75) is 44.8 Å². The van der Waals surface area contributed by atoms with Crippen LogP contribution in [0.5, 0.6) is 23.0 Å². The molecule has 0 unspecified atom stereocenters. The summed E-state index contributed by atoms with van der Waals surface area (Å²) in [6.45, 7) is 6.72. The normalized spacial score (nSPS) is 23.6. The molecular weight excluding hydrogens is 340 g/mol. The minimum absolute atomic E-state index is 0.00718. The van der Waals surface area contributed by atoms with Gasteiger partial charge in [0.2, 0.25) is 0 Å². The zero-order valence-corrected chi connectivity index (χ0v) is 16.2. The summed E-state index contributed by atoms with van der Waals surface area (Å²) in [6.07, 6.45) is 5.13. The van der Waals surface area contributed by atoms with E-state index in [0.717, 1.165) is 40.5 Å². The molecule has 0 aromatic heterocycles. The van der Waals surface area contributed by atoms with Crippen molar-refractivity contribution in [3.63, 3.8) is 0 Å². The quantitative estimate of drug-likeness (QED) is 0.737. The maximum absolute atomic E-state index is 6.47. The van der Waals surface area contributed by atoms with Gasteiger partial charge in [0.15, 0.2) is 0 Å². The fraction of sp³-hybridized carbons (Fsp3) is 0.391. The molecule has 3 aliphatic rings. The third-order valence-electron chi connectivity index (χ3n) is 5.75. The molecule has 0 spiro atoms. The van der Waals surface area contributed by atoms with Gasteiger partial charge < -0.3 is 18.9 Å². The fourth-order valence-electron chi connectivity index (χ4n) is 4.32. The molecule has 4 heteroatoms. The smallest absolute Gasteiger partial charge is 0.140 e. The Bertz CT molecular complexity index is 957. The van der Waals surface area contributed by atoms with Crippen LogP contribution in [0.4, 0.5) is 0 Å². The summed E-state index contributed by atoms with van der Waals surface area (Å²) in [5.74, 6) is 3.93. The van der Waals surface area contributed by atoms with Crippen LogP contribution in [0.1, 0.15) is 42.0 Å². The number of ether oxygens (including phenoxy) is 4. The second-order valence-corrected chi connectivity index (χ2v) is 8.14. The van der Waals surface area contributed by atoms with Crippen LogP contribution in [0.15, 0.2) is 30.3 Å². The van der Waals surface area contributed by atoms with Crippen LogP contribution in [0, 0.1) is 6.92 Å². The fourth-order valence-corrected chi connectivity index (χ4v) is 4.32. The summed E-state index contributed by atoms with van der Waals surface area (Å²) in [4.78, 5) is 0. The van der Waals surface area contributed by atoms with Gasteiger partial charge in [0.25, 0.3) is 0 Å². The van der Waals surface area contributed by atoms with Crippen molar-refractivity contribution in [3.8, 4) is 23.0 Å². The van der Waals surface area contributed by atoms with E-state index in [4.69, 9.17) is 18.9 Å². The molecule has 0 bridgehead atoms. The molecule has 0 aliphatic carbocycles. The second-order valence-electron chi connectivity index (χ2n) is 8.14. The van der Waals surface area contributed by atoms with Crippen molar-refractivity contribution in [1.82, 2.24) is 0 Å². The first-order chi connectivity index (χ1) is 12.9. The topological polar surface area (TPSA) is 36.9 Å². The highest BCUT2D eigenvalue weighted by molar-refractivity contribution is 5.70. The molecule has 0 fully saturated rings. The lowest BCUT2D eigenvalue weighted by Gasteiger charge is -2.40. The molecule has 2 aromatic rings. The highest BCUT2D eigenvalue weighted by Crippen LogP contribution is 2.48. The van der Waals surface area contributed by atoms with Crippen molar-refractivity contribution in [1.29, 1.82) is 0 Å². The maximum atomic E-state index is 6.47. The van der Waals surface area contributed by atoms with Crippen LogP contribution in [0.25, 0.3) is 6.08 Å². The maximum Gasteiger partial charge on any atom is 0.140 e. The minimum atomic E-state index is -0.292. The molecule has 0 saturated carbocycles. The molecule has 0 saturated heterocycles. The number of fused-ring (bicyclic) bond motifs is 6. The molecule has 0 amide bonds. The van der Waals surface area contributed by atoms with Crippen LogP contribution < -0.4 is 18.9 Å². The Morgan fingerprint density at radius 2 is 2.00 bits per heavy atom. The van der Waals surface area contributed by atoms with Gasteiger partial charge in [0.05, 0.1) is 12.7 Å². The van der Waals surface area contributed by atoms with E-state index in [2.05, 4.69) is 50.3 Å². The van der Waals surface area contributed by atoms with Crippen LogP contribution in [-0.2, 0) is 6.42 Å². The van der Waals surface area contributed by atoms with E-state index in [1.807, 2.05) is 6.92 Å².